The van der Waals surface area contributed by atoms with Crippen LogP contribution < -0.4 is 4.74 Å². The van der Waals surface area contributed by atoms with Crippen LogP contribution in [0.3, 0.4) is 0 Å². The van der Waals surface area contributed by atoms with Gasteiger partial charge in [-0.3, -0.25) is 4.79 Å². The lowest BCUT2D eigenvalue weighted by molar-refractivity contribution is 0.104. The monoisotopic (exact) mass is 402 g/mol. The Balaban J connectivity index is 1.68. The summed E-state index contributed by atoms with van der Waals surface area (Å²) in [5.41, 5.74) is 3.57. The molecule has 0 aliphatic carbocycles. The second-order valence-corrected chi connectivity index (χ2v) is 7.04. The molecule has 0 atom stereocenters. The van der Waals surface area contributed by atoms with Gasteiger partial charge in [0.15, 0.2) is 5.78 Å². The Bertz CT molecular complexity index is 1190. The van der Waals surface area contributed by atoms with Crippen molar-refractivity contribution in [3.8, 4) is 5.75 Å². The van der Waals surface area contributed by atoms with Crippen molar-refractivity contribution in [3.05, 3.63) is 101 Å². The van der Waals surface area contributed by atoms with Crippen molar-refractivity contribution in [1.29, 1.82) is 0 Å². The minimum atomic E-state index is -0.103. The molecule has 1 aromatic heterocycles. The van der Waals surface area contributed by atoms with Crippen LogP contribution in [0.15, 0.2) is 78.9 Å². The number of nitrogens with zero attached hydrogens (tertiary/aromatic N) is 2. The van der Waals surface area contributed by atoms with Crippen LogP contribution in [0.4, 0.5) is 0 Å². The van der Waals surface area contributed by atoms with Crippen molar-refractivity contribution >= 4 is 34.5 Å². The van der Waals surface area contributed by atoms with Crippen LogP contribution in [-0.4, -0.2) is 22.4 Å². The SMILES string of the molecule is COc1cccc(C(=O)/C=C/c2nc3ccccc3n2Cc2ccc(Cl)cc2)c1. The highest BCUT2D eigenvalue weighted by Gasteiger charge is 2.10. The zero-order valence-corrected chi connectivity index (χ0v) is 16.6. The quantitative estimate of drug-likeness (QED) is 0.309. The molecule has 0 aliphatic rings. The molecule has 1 heterocycles. The molecule has 0 saturated heterocycles. The molecule has 0 bridgehead atoms. The molecule has 0 saturated carbocycles. The third-order valence-corrected chi connectivity index (χ3v) is 4.93. The van der Waals surface area contributed by atoms with Gasteiger partial charge in [-0.2, -0.15) is 0 Å². The van der Waals surface area contributed by atoms with Crippen LogP contribution in [0.2, 0.25) is 5.02 Å². The highest BCUT2D eigenvalue weighted by atomic mass is 35.5. The van der Waals surface area contributed by atoms with Crippen molar-refractivity contribution in [2.75, 3.05) is 7.11 Å². The lowest BCUT2D eigenvalue weighted by atomic mass is 10.1. The minimum Gasteiger partial charge on any atom is -0.497 e. The molecule has 0 spiro atoms. The molecule has 0 N–H and O–H groups in total. The zero-order valence-electron chi connectivity index (χ0n) is 15.9. The largest absolute Gasteiger partial charge is 0.497 e. The van der Waals surface area contributed by atoms with Crippen LogP contribution in [0.25, 0.3) is 17.1 Å². The molecule has 5 heteroatoms. The van der Waals surface area contributed by atoms with E-state index < -0.39 is 0 Å². The number of hydrogen-bond donors (Lipinski definition) is 0. The highest BCUT2D eigenvalue weighted by molar-refractivity contribution is 6.30. The Morgan fingerprint density at radius 3 is 2.66 bits per heavy atom. The first-order chi connectivity index (χ1) is 14.1. The number of ketones is 1. The van der Waals surface area contributed by atoms with Gasteiger partial charge in [0.25, 0.3) is 0 Å². The molecule has 144 valence electrons. The molecule has 0 amide bonds. The molecular weight excluding hydrogens is 384 g/mol. The number of imidazole rings is 1. The maximum atomic E-state index is 12.6. The minimum absolute atomic E-state index is 0.103. The van der Waals surface area contributed by atoms with Crippen LogP contribution >= 0.6 is 11.6 Å². The van der Waals surface area contributed by atoms with Gasteiger partial charge in [-0.05, 0) is 54.1 Å². The molecule has 4 rings (SSSR count). The standard InChI is InChI=1S/C24H19ClN2O2/c1-29-20-6-4-5-18(15-20)23(28)13-14-24-26-21-7-2-3-8-22(21)27(24)16-17-9-11-19(25)12-10-17/h2-15H,16H2,1H3/b14-13+. The Hall–Kier alpha value is -3.37. The maximum absolute atomic E-state index is 12.6. The first kappa shape index (κ1) is 19.0. The summed E-state index contributed by atoms with van der Waals surface area (Å²) in [4.78, 5) is 17.3. The number of para-hydroxylation sites is 2. The van der Waals surface area contributed by atoms with E-state index in [-0.39, 0.29) is 5.78 Å². The second-order valence-electron chi connectivity index (χ2n) is 6.60. The molecule has 4 aromatic rings. The van der Waals surface area contributed by atoms with Gasteiger partial charge in [0, 0.05) is 17.1 Å². The fourth-order valence-corrected chi connectivity index (χ4v) is 3.31. The predicted octanol–water partition coefficient (Wildman–Crippen LogP) is 5.64. The highest BCUT2D eigenvalue weighted by Crippen LogP contribution is 2.20. The number of carbonyl (C=O) groups is 1. The van der Waals surface area contributed by atoms with Crippen LogP contribution in [-0.2, 0) is 6.54 Å². The second kappa shape index (κ2) is 8.33. The van der Waals surface area contributed by atoms with Gasteiger partial charge in [0.1, 0.15) is 11.6 Å². The predicted molar refractivity (Wildman–Crippen MR) is 117 cm³/mol. The Morgan fingerprint density at radius 1 is 1.07 bits per heavy atom. The summed E-state index contributed by atoms with van der Waals surface area (Å²) in [5, 5.41) is 0.702. The number of halogens is 1. The number of aromatic nitrogens is 2. The van der Waals surface area contributed by atoms with Gasteiger partial charge in [-0.1, -0.05) is 48.0 Å². The normalized spacial score (nSPS) is 11.2. The fraction of sp³-hybridized carbons (Fsp3) is 0.0833. The average molecular weight is 403 g/mol. The number of rotatable bonds is 6. The summed E-state index contributed by atoms with van der Waals surface area (Å²) in [6, 6.07) is 22.8. The maximum Gasteiger partial charge on any atom is 0.186 e. The van der Waals surface area contributed by atoms with E-state index in [1.807, 2.05) is 54.6 Å². The van der Waals surface area contributed by atoms with Crippen LogP contribution in [0, 0.1) is 0 Å². The summed E-state index contributed by atoms with van der Waals surface area (Å²) in [6.07, 6.45) is 3.31. The number of methoxy groups -OCH3 is 1. The topological polar surface area (TPSA) is 44.1 Å². The van der Waals surface area contributed by atoms with Gasteiger partial charge in [0.2, 0.25) is 0 Å². The molecule has 0 unspecified atom stereocenters. The van der Waals surface area contributed by atoms with E-state index in [4.69, 9.17) is 21.3 Å². The Morgan fingerprint density at radius 2 is 1.86 bits per heavy atom. The molecule has 0 fully saturated rings. The van der Waals surface area contributed by atoms with Crippen molar-refractivity contribution in [1.82, 2.24) is 9.55 Å². The fourth-order valence-electron chi connectivity index (χ4n) is 3.18. The summed E-state index contributed by atoms with van der Waals surface area (Å²) in [6.45, 7) is 0.630. The molecule has 0 radical (unpaired) electrons. The summed E-state index contributed by atoms with van der Waals surface area (Å²) < 4.78 is 7.29. The summed E-state index contributed by atoms with van der Waals surface area (Å²) in [5.74, 6) is 1.27. The van der Waals surface area contributed by atoms with Crippen molar-refractivity contribution in [3.63, 3.8) is 0 Å². The Kier molecular flexibility index (Phi) is 5.45. The first-order valence-electron chi connectivity index (χ1n) is 9.20. The Labute approximate surface area is 174 Å². The molecular formula is C24H19ClN2O2. The van der Waals surface area contributed by atoms with E-state index in [0.29, 0.717) is 22.9 Å². The summed E-state index contributed by atoms with van der Waals surface area (Å²) >= 11 is 6.01. The molecule has 0 aliphatic heterocycles. The summed E-state index contributed by atoms with van der Waals surface area (Å²) in [7, 11) is 1.58. The van der Waals surface area contributed by atoms with Gasteiger partial charge in [-0.25, -0.2) is 4.98 Å². The van der Waals surface area contributed by atoms with E-state index in [0.717, 1.165) is 22.4 Å². The van der Waals surface area contributed by atoms with Gasteiger partial charge < -0.3 is 9.30 Å². The number of ether oxygens (including phenoxy) is 1. The van der Waals surface area contributed by atoms with Gasteiger partial charge >= 0.3 is 0 Å². The molecule has 3 aromatic carbocycles. The van der Waals surface area contributed by atoms with Gasteiger partial charge in [-0.15, -0.1) is 0 Å². The van der Waals surface area contributed by atoms with Crippen LogP contribution in [0.5, 0.6) is 5.75 Å². The third-order valence-electron chi connectivity index (χ3n) is 4.68. The molecule has 29 heavy (non-hydrogen) atoms. The van der Waals surface area contributed by atoms with Crippen molar-refractivity contribution in [2.24, 2.45) is 0 Å². The van der Waals surface area contributed by atoms with Gasteiger partial charge in [0.05, 0.1) is 18.1 Å². The van der Waals surface area contributed by atoms with E-state index >= 15 is 0 Å². The number of carbonyl (C=O) groups excluding carboxylic acids is 1. The lowest BCUT2D eigenvalue weighted by Crippen LogP contribution is -2.02. The number of benzene rings is 3. The van der Waals surface area contributed by atoms with E-state index in [1.54, 1.807) is 37.5 Å². The smallest absolute Gasteiger partial charge is 0.186 e. The van der Waals surface area contributed by atoms with E-state index in [9.17, 15) is 4.79 Å². The lowest BCUT2D eigenvalue weighted by Gasteiger charge is -2.08. The number of fused-ring (bicyclic) bond motifs is 1. The first-order valence-corrected chi connectivity index (χ1v) is 9.58. The van der Waals surface area contributed by atoms with Crippen LogP contribution in [0.1, 0.15) is 21.7 Å². The van der Waals surface area contributed by atoms with E-state index in [1.165, 1.54) is 0 Å². The number of hydrogen-bond acceptors (Lipinski definition) is 3. The van der Waals surface area contributed by atoms with E-state index in [2.05, 4.69) is 4.57 Å². The zero-order chi connectivity index (χ0) is 20.2. The molecule has 4 nitrogen and oxygen atoms in total. The van der Waals surface area contributed by atoms with Crippen molar-refractivity contribution in [2.45, 2.75) is 6.54 Å². The average Bonchev–Trinajstić information content (AvgIpc) is 3.11. The number of allylic oxidation sites excluding steroid dienone is 1. The third kappa shape index (κ3) is 4.23. The van der Waals surface area contributed by atoms with Crippen molar-refractivity contribution < 1.29 is 9.53 Å².